The Morgan fingerprint density at radius 1 is 1.38 bits per heavy atom. The Bertz CT molecular complexity index is 408. The molecule has 3 heterocycles. The van der Waals surface area contributed by atoms with Crippen molar-refractivity contribution < 1.29 is 14.3 Å². The summed E-state index contributed by atoms with van der Waals surface area (Å²) in [7, 11) is 0. The summed E-state index contributed by atoms with van der Waals surface area (Å²) in [4.78, 5) is 10.9. The molecule has 2 aliphatic heterocycles. The SMILES string of the molecule is O=Cc1nn(C2CCCCO2)c2c1COC2. The lowest BCUT2D eigenvalue weighted by Crippen LogP contribution is -2.21. The van der Waals surface area contributed by atoms with Crippen molar-refractivity contribution in [2.75, 3.05) is 6.61 Å². The first kappa shape index (κ1) is 9.99. The van der Waals surface area contributed by atoms with Gasteiger partial charge in [-0.15, -0.1) is 0 Å². The van der Waals surface area contributed by atoms with Crippen molar-refractivity contribution in [1.29, 1.82) is 0 Å². The smallest absolute Gasteiger partial charge is 0.170 e. The van der Waals surface area contributed by atoms with E-state index in [1.807, 2.05) is 4.68 Å². The third-order valence-corrected chi connectivity index (χ3v) is 3.17. The third-order valence-electron chi connectivity index (χ3n) is 3.17. The average molecular weight is 222 g/mol. The second-order valence-electron chi connectivity index (χ2n) is 4.19. The van der Waals surface area contributed by atoms with Crippen molar-refractivity contribution in [2.45, 2.75) is 38.7 Å². The highest BCUT2D eigenvalue weighted by molar-refractivity contribution is 5.74. The van der Waals surface area contributed by atoms with Crippen molar-refractivity contribution in [3.8, 4) is 0 Å². The number of aldehydes is 1. The monoisotopic (exact) mass is 222 g/mol. The largest absolute Gasteiger partial charge is 0.370 e. The van der Waals surface area contributed by atoms with E-state index in [4.69, 9.17) is 9.47 Å². The Balaban J connectivity index is 1.97. The van der Waals surface area contributed by atoms with Gasteiger partial charge in [-0.25, -0.2) is 4.68 Å². The van der Waals surface area contributed by atoms with Gasteiger partial charge in [0.05, 0.1) is 18.9 Å². The van der Waals surface area contributed by atoms with Crippen LogP contribution in [0.15, 0.2) is 0 Å². The van der Waals surface area contributed by atoms with Crippen molar-refractivity contribution >= 4 is 6.29 Å². The first-order chi connectivity index (χ1) is 7.90. The van der Waals surface area contributed by atoms with Gasteiger partial charge in [0.2, 0.25) is 0 Å². The second-order valence-corrected chi connectivity index (χ2v) is 4.19. The maximum atomic E-state index is 10.9. The van der Waals surface area contributed by atoms with Crippen LogP contribution in [0.2, 0.25) is 0 Å². The fourth-order valence-electron chi connectivity index (χ4n) is 2.33. The lowest BCUT2D eigenvalue weighted by atomic mass is 10.2. The number of hydrogen-bond acceptors (Lipinski definition) is 4. The molecule has 1 atom stereocenters. The molecule has 1 aromatic rings. The van der Waals surface area contributed by atoms with E-state index < -0.39 is 0 Å². The minimum atomic E-state index is -0.0158. The molecule has 5 heteroatoms. The lowest BCUT2D eigenvalue weighted by molar-refractivity contribution is -0.0429. The molecular weight excluding hydrogens is 208 g/mol. The summed E-state index contributed by atoms with van der Waals surface area (Å²) in [6.07, 6.45) is 4.00. The number of aromatic nitrogens is 2. The third kappa shape index (κ3) is 1.47. The van der Waals surface area contributed by atoms with Crippen LogP contribution >= 0.6 is 0 Å². The van der Waals surface area contributed by atoms with E-state index in [1.54, 1.807) is 0 Å². The van der Waals surface area contributed by atoms with Crippen LogP contribution in [0.25, 0.3) is 0 Å². The number of carbonyl (C=O) groups is 1. The van der Waals surface area contributed by atoms with Gasteiger partial charge >= 0.3 is 0 Å². The first-order valence-electron chi connectivity index (χ1n) is 5.65. The zero-order valence-corrected chi connectivity index (χ0v) is 9.02. The predicted octanol–water partition coefficient (Wildman–Crippen LogP) is 1.42. The van der Waals surface area contributed by atoms with E-state index in [9.17, 15) is 4.79 Å². The number of ether oxygens (including phenoxy) is 2. The normalized spacial score (nSPS) is 24.4. The summed E-state index contributed by atoms with van der Waals surface area (Å²) < 4.78 is 12.9. The molecule has 86 valence electrons. The summed E-state index contributed by atoms with van der Waals surface area (Å²) >= 11 is 0. The van der Waals surface area contributed by atoms with Gasteiger partial charge in [0.25, 0.3) is 0 Å². The summed E-state index contributed by atoms with van der Waals surface area (Å²) in [5.74, 6) is 0. The Labute approximate surface area is 93.3 Å². The molecule has 0 amide bonds. The molecular formula is C11H14N2O3. The molecule has 1 aromatic heterocycles. The van der Waals surface area contributed by atoms with Crippen LogP contribution in [0.5, 0.6) is 0 Å². The number of hydrogen-bond donors (Lipinski definition) is 0. The van der Waals surface area contributed by atoms with Gasteiger partial charge in [0.1, 0.15) is 5.69 Å². The lowest BCUT2D eigenvalue weighted by Gasteiger charge is -2.24. The van der Waals surface area contributed by atoms with Gasteiger partial charge < -0.3 is 9.47 Å². The molecule has 0 saturated carbocycles. The molecule has 2 aliphatic rings. The van der Waals surface area contributed by atoms with Crippen molar-refractivity contribution in [3.05, 3.63) is 17.0 Å². The second kappa shape index (κ2) is 3.99. The van der Waals surface area contributed by atoms with E-state index in [0.717, 1.165) is 43.4 Å². The summed E-state index contributed by atoms with van der Waals surface area (Å²) in [5.41, 5.74) is 2.44. The van der Waals surface area contributed by atoms with Crippen LogP contribution in [0.3, 0.4) is 0 Å². The molecule has 0 aliphatic carbocycles. The van der Waals surface area contributed by atoms with Crippen molar-refractivity contribution in [1.82, 2.24) is 9.78 Å². The Morgan fingerprint density at radius 3 is 3.06 bits per heavy atom. The molecule has 5 nitrogen and oxygen atoms in total. The number of nitrogens with zero attached hydrogens (tertiary/aromatic N) is 2. The molecule has 3 rings (SSSR count). The number of rotatable bonds is 2. The molecule has 1 fully saturated rings. The van der Waals surface area contributed by atoms with Crippen LogP contribution < -0.4 is 0 Å². The zero-order chi connectivity index (χ0) is 11.0. The van der Waals surface area contributed by atoms with E-state index in [0.29, 0.717) is 18.9 Å². The fourth-order valence-corrected chi connectivity index (χ4v) is 2.33. The molecule has 16 heavy (non-hydrogen) atoms. The highest BCUT2D eigenvalue weighted by Crippen LogP contribution is 2.29. The zero-order valence-electron chi connectivity index (χ0n) is 9.02. The number of carbonyl (C=O) groups excluding carboxylic acids is 1. The van der Waals surface area contributed by atoms with Gasteiger partial charge in [-0.05, 0) is 19.3 Å². The van der Waals surface area contributed by atoms with Gasteiger partial charge in [0.15, 0.2) is 12.5 Å². The Kier molecular flexibility index (Phi) is 2.49. The summed E-state index contributed by atoms with van der Waals surface area (Å²) in [5, 5.41) is 4.32. The molecule has 0 spiro atoms. The molecule has 0 N–H and O–H groups in total. The fraction of sp³-hybridized carbons (Fsp3) is 0.636. The molecule has 0 radical (unpaired) electrons. The van der Waals surface area contributed by atoms with Crippen LogP contribution in [0, 0.1) is 0 Å². The van der Waals surface area contributed by atoms with Crippen molar-refractivity contribution in [3.63, 3.8) is 0 Å². The Morgan fingerprint density at radius 2 is 2.31 bits per heavy atom. The minimum absolute atomic E-state index is 0.0158. The standard InChI is InChI=1S/C11H14N2O3/c14-5-9-8-6-15-7-10(8)13(12-9)11-3-1-2-4-16-11/h5,11H,1-4,6-7H2. The van der Waals surface area contributed by atoms with Crippen LogP contribution in [0.1, 0.15) is 47.2 Å². The summed E-state index contributed by atoms with van der Waals surface area (Å²) in [6.45, 7) is 1.81. The molecule has 0 aromatic carbocycles. The van der Waals surface area contributed by atoms with E-state index >= 15 is 0 Å². The highest BCUT2D eigenvalue weighted by Gasteiger charge is 2.27. The summed E-state index contributed by atoms with van der Waals surface area (Å²) in [6, 6.07) is 0. The highest BCUT2D eigenvalue weighted by atomic mass is 16.5. The quantitative estimate of drug-likeness (QED) is 0.710. The number of fused-ring (bicyclic) bond motifs is 1. The molecule has 1 unspecified atom stereocenters. The Hall–Kier alpha value is -1.20. The van der Waals surface area contributed by atoms with Gasteiger partial charge in [0, 0.05) is 12.2 Å². The van der Waals surface area contributed by atoms with Crippen molar-refractivity contribution in [2.24, 2.45) is 0 Å². The maximum Gasteiger partial charge on any atom is 0.170 e. The van der Waals surface area contributed by atoms with Gasteiger partial charge in [-0.1, -0.05) is 0 Å². The van der Waals surface area contributed by atoms with E-state index in [1.165, 1.54) is 0 Å². The minimum Gasteiger partial charge on any atom is -0.370 e. The average Bonchev–Trinajstić information content (AvgIpc) is 2.91. The first-order valence-corrected chi connectivity index (χ1v) is 5.65. The van der Waals surface area contributed by atoms with Crippen LogP contribution in [-0.4, -0.2) is 22.7 Å². The predicted molar refractivity (Wildman–Crippen MR) is 54.9 cm³/mol. The molecule has 1 saturated heterocycles. The van der Waals surface area contributed by atoms with E-state index in [-0.39, 0.29) is 6.23 Å². The molecule has 0 bridgehead atoms. The topological polar surface area (TPSA) is 53.4 Å². The van der Waals surface area contributed by atoms with Crippen LogP contribution in [0.4, 0.5) is 0 Å². The van der Waals surface area contributed by atoms with Gasteiger partial charge in [-0.2, -0.15) is 5.10 Å². The van der Waals surface area contributed by atoms with E-state index in [2.05, 4.69) is 5.10 Å². The van der Waals surface area contributed by atoms with Gasteiger partial charge in [-0.3, -0.25) is 4.79 Å². The van der Waals surface area contributed by atoms with Crippen LogP contribution in [-0.2, 0) is 22.7 Å². The maximum absolute atomic E-state index is 10.9.